The van der Waals surface area contributed by atoms with E-state index in [9.17, 15) is 4.79 Å². The number of hydrogen-bond donors (Lipinski definition) is 2. The summed E-state index contributed by atoms with van der Waals surface area (Å²) in [7, 11) is 0. The molecule has 1 aliphatic carbocycles. The summed E-state index contributed by atoms with van der Waals surface area (Å²) in [6, 6.07) is 11.5. The lowest BCUT2D eigenvalue weighted by Gasteiger charge is -2.29. The van der Waals surface area contributed by atoms with Crippen molar-refractivity contribution in [2.24, 2.45) is 5.92 Å². The van der Waals surface area contributed by atoms with Crippen molar-refractivity contribution in [3.8, 4) is 0 Å². The SMILES string of the molecule is O=C(NCc1cccnc1N1CCOCC1)N[C@@H](c1ccc(Cl)cc1)C1CC1. The molecule has 28 heavy (non-hydrogen) atoms. The van der Waals surface area contributed by atoms with E-state index in [1.54, 1.807) is 6.20 Å². The van der Waals surface area contributed by atoms with Gasteiger partial charge in [-0.2, -0.15) is 0 Å². The molecule has 1 aliphatic heterocycles. The van der Waals surface area contributed by atoms with E-state index < -0.39 is 0 Å². The molecule has 2 heterocycles. The first-order valence-electron chi connectivity index (χ1n) is 9.77. The van der Waals surface area contributed by atoms with Gasteiger partial charge in [0.05, 0.1) is 19.3 Å². The number of nitrogens with zero attached hydrogens (tertiary/aromatic N) is 2. The van der Waals surface area contributed by atoms with E-state index in [-0.39, 0.29) is 12.1 Å². The summed E-state index contributed by atoms with van der Waals surface area (Å²) < 4.78 is 5.42. The van der Waals surface area contributed by atoms with Crippen molar-refractivity contribution < 1.29 is 9.53 Å². The minimum atomic E-state index is -0.163. The fourth-order valence-corrected chi connectivity index (χ4v) is 3.69. The molecule has 1 saturated heterocycles. The predicted octanol–water partition coefficient (Wildman–Crippen LogP) is 3.52. The Kier molecular flexibility index (Phi) is 5.98. The Balaban J connectivity index is 1.38. The molecule has 148 valence electrons. The Morgan fingerprint density at radius 1 is 1.21 bits per heavy atom. The third-order valence-electron chi connectivity index (χ3n) is 5.23. The van der Waals surface area contributed by atoms with Gasteiger partial charge in [-0.15, -0.1) is 0 Å². The van der Waals surface area contributed by atoms with Crippen LogP contribution in [0.1, 0.15) is 30.0 Å². The predicted molar refractivity (Wildman–Crippen MR) is 110 cm³/mol. The average molecular weight is 401 g/mol. The lowest BCUT2D eigenvalue weighted by molar-refractivity contribution is 0.122. The number of carbonyl (C=O) groups excluding carboxylic acids is 1. The average Bonchev–Trinajstić information content (AvgIpc) is 3.57. The molecule has 2 N–H and O–H groups in total. The normalized spacial score (nSPS) is 17.8. The zero-order chi connectivity index (χ0) is 19.3. The molecule has 0 bridgehead atoms. The maximum Gasteiger partial charge on any atom is 0.315 e. The summed E-state index contributed by atoms with van der Waals surface area (Å²) in [4.78, 5) is 19.3. The highest BCUT2D eigenvalue weighted by Gasteiger charge is 2.33. The number of hydrogen-bond acceptors (Lipinski definition) is 4. The standard InChI is InChI=1S/C21H25ClN4O2/c22-18-7-5-16(6-8-18)19(15-3-4-15)25-21(27)24-14-17-2-1-9-23-20(17)26-10-12-28-13-11-26/h1-2,5-9,15,19H,3-4,10-14H2,(H2,24,25,27)/t19-/m1/s1. The highest BCUT2D eigenvalue weighted by molar-refractivity contribution is 6.30. The third-order valence-corrected chi connectivity index (χ3v) is 5.48. The molecule has 4 rings (SSSR count). The fraction of sp³-hybridized carbons (Fsp3) is 0.429. The summed E-state index contributed by atoms with van der Waals surface area (Å²) in [5.41, 5.74) is 2.10. The number of aromatic nitrogens is 1. The van der Waals surface area contributed by atoms with Crippen LogP contribution in [0.2, 0.25) is 5.02 Å². The van der Waals surface area contributed by atoms with Gasteiger partial charge in [0.15, 0.2) is 0 Å². The van der Waals surface area contributed by atoms with Crippen LogP contribution in [0.3, 0.4) is 0 Å². The minimum absolute atomic E-state index is 0.0184. The first-order chi connectivity index (χ1) is 13.7. The summed E-state index contributed by atoms with van der Waals surface area (Å²) in [6.07, 6.45) is 4.06. The number of ether oxygens (including phenoxy) is 1. The molecule has 6 nitrogen and oxygen atoms in total. The smallest absolute Gasteiger partial charge is 0.315 e. The zero-order valence-electron chi connectivity index (χ0n) is 15.7. The van der Waals surface area contributed by atoms with Crippen LogP contribution in [0.25, 0.3) is 0 Å². The third kappa shape index (κ3) is 4.75. The van der Waals surface area contributed by atoms with Gasteiger partial charge in [-0.05, 0) is 42.5 Å². The second kappa shape index (κ2) is 8.80. The highest BCUT2D eigenvalue weighted by atomic mass is 35.5. The first kappa shape index (κ1) is 19.0. The van der Waals surface area contributed by atoms with Gasteiger partial charge in [-0.3, -0.25) is 0 Å². The van der Waals surface area contributed by atoms with E-state index in [0.717, 1.165) is 42.9 Å². The second-order valence-corrected chi connectivity index (χ2v) is 7.72. The van der Waals surface area contributed by atoms with Crippen LogP contribution >= 0.6 is 11.6 Å². The monoisotopic (exact) mass is 400 g/mol. The number of amides is 2. The number of nitrogens with one attached hydrogen (secondary N) is 2. The second-order valence-electron chi connectivity index (χ2n) is 7.28. The molecule has 0 radical (unpaired) electrons. The Morgan fingerprint density at radius 3 is 2.68 bits per heavy atom. The van der Waals surface area contributed by atoms with Gasteiger partial charge in [0.2, 0.25) is 0 Å². The van der Waals surface area contributed by atoms with Crippen molar-refractivity contribution in [1.82, 2.24) is 15.6 Å². The fourth-order valence-electron chi connectivity index (χ4n) is 3.57. The topological polar surface area (TPSA) is 66.5 Å². The number of morpholine rings is 1. The van der Waals surface area contributed by atoms with Crippen molar-refractivity contribution in [2.45, 2.75) is 25.4 Å². The molecular formula is C21H25ClN4O2. The largest absolute Gasteiger partial charge is 0.378 e. The molecule has 2 amide bonds. The molecule has 1 aromatic carbocycles. The molecule has 1 saturated carbocycles. The van der Waals surface area contributed by atoms with Gasteiger partial charge in [0.1, 0.15) is 5.82 Å². The molecule has 0 spiro atoms. The number of rotatable bonds is 6. The van der Waals surface area contributed by atoms with Gasteiger partial charge in [0.25, 0.3) is 0 Å². The molecule has 2 aromatic rings. The summed E-state index contributed by atoms with van der Waals surface area (Å²) in [5, 5.41) is 6.84. The van der Waals surface area contributed by atoms with Crippen LogP contribution in [0.15, 0.2) is 42.6 Å². The van der Waals surface area contributed by atoms with Crippen molar-refractivity contribution in [1.29, 1.82) is 0 Å². The van der Waals surface area contributed by atoms with E-state index in [2.05, 4.69) is 20.5 Å². The number of pyridine rings is 1. The minimum Gasteiger partial charge on any atom is -0.378 e. The van der Waals surface area contributed by atoms with Gasteiger partial charge in [-0.25, -0.2) is 9.78 Å². The van der Waals surface area contributed by atoms with Gasteiger partial charge in [0, 0.05) is 36.4 Å². The van der Waals surface area contributed by atoms with E-state index in [1.165, 1.54) is 0 Å². The Hall–Kier alpha value is -2.31. The summed E-state index contributed by atoms with van der Waals surface area (Å²) >= 11 is 6.00. The number of benzene rings is 1. The Labute approximate surface area is 170 Å². The summed E-state index contributed by atoms with van der Waals surface area (Å²) in [5.74, 6) is 1.41. The molecule has 0 unspecified atom stereocenters. The summed E-state index contributed by atoms with van der Waals surface area (Å²) in [6.45, 7) is 3.47. The van der Waals surface area contributed by atoms with E-state index >= 15 is 0 Å². The van der Waals surface area contributed by atoms with Gasteiger partial charge in [-0.1, -0.05) is 29.8 Å². The maximum atomic E-state index is 12.6. The first-order valence-corrected chi connectivity index (χ1v) is 10.1. The molecular weight excluding hydrogens is 376 g/mol. The van der Waals surface area contributed by atoms with E-state index in [4.69, 9.17) is 16.3 Å². The van der Waals surface area contributed by atoms with Crippen LogP contribution in [-0.2, 0) is 11.3 Å². The Bertz CT molecular complexity index is 804. The van der Waals surface area contributed by atoms with E-state index in [0.29, 0.717) is 30.7 Å². The molecule has 2 fully saturated rings. The zero-order valence-corrected chi connectivity index (χ0v) is 16.5. The van der Waals surface area contributed by atoms with Crippen molar-refractivity contribution in [3.05, 3.63) is 58.7 Å². The van der Waals surface area contributed by atoms with Crippen LogP contribution in [0.4, 0.5) is 10.6 Å². The lowest BCUT2D eigenvalue weighted by atomic mass is 10.0. The van der Waals surface area contributed by atoms with E-state index in [1.807, 2.05) is 36.4 Å². The molecule has 7 heteroatoms. The number of urea groups is 1. The van der Waals surface area contributed by atoms with Gasteiger partial charge < -0.3 is 20.3 Å². The van der Waals surface area contributed by atoms with Crippen LogP contribution < -0.4 is 15.5 Å². The van der Waals surface area contributed by atoms with Crippen molar-refractivity contribution in [3.63, 3.8) is 0 Å². The molecule has 1 aromatic heterocycles. The Morgan fingerprint density at radius 2 is 1.96 bits per heavy atom. The van der Waals surface area contributed by atoms with Gasteiger partial charge >= 0.3 is 6.03 Å². The van der Waals surface area contributed by atoms with Crippen molar-refractivity contribution >= 4 is 23.4 Å². The lowest BCUT2D eigenvalue weighted by Crippen LogP contribution is -2.40. The van der Waals surface area contributed by atoms with Crippen molar-refractivity contribution in [2.75, 3.05) is 31.2 Å². The maximum absolute atomic E-state index is 12.6. The quantitative estimate of drug-likeness (QED) is 0.778. The number of carbonyl (C=O) groups is 1. The number of halogens is 1. The van der Waals surface area contributed by atoms with Crippen LogP contribution in [0.5, 0.6) is 0 Å². The highest BCUT2D eigenvalue weighted by Crippen LogP contribution is 2.41. The molecule has 1 atom stereocenters. The number of anilines is 1. The molecule has 2 aliphatic rings. The van der Waals surface area contributed by atoms with Crippen LogP contribution in [0, 0.1) is 5.92 Å². The van der Waals surface area contributed by atoms with Crippen LogP contribution in [-0.4, -0.2) is 37.3 Å².